The maximum Gasteiger partial charge on any atom is 0.225 e. The topological polar surface area (TPSA) is 67.6 Å². The average molecular weight is 249 g/mol. The first kappa shape index (κ1) is 12.9. The van der Waals surface area contributed by atoms with Crippen LogP contribution in [0.25, 0.3) is 0 Å². The lowest BCUT2D eigenvalue weighted by Gasteiger charge is -2.14. The second-order valence-corrected chi connectivity index (χ2v) is 4.43. The van der Waals surface area contributed by atoms with Gasteiger partial charge in [-0.25, -0.2) is 0 Å². The summed E-state index contributed by atoms with van der Waals surface area (Å²) in [5, 5.41) is 4.71. The minimum Gasteiger partial charge on any atom is -0.398 e. The van der Waals surface area contributed by atoms with Gasteiger partial charge < -0.3 is 11.1 Å². The smallest absolute Gasteiger partial charge is 0.225 e. The van der Waals surface area contributed by atoms with Gasteiger partial charge >= 0.3 is 0 Å². The van der Waals surface area contributed by atoms with Gasteiger partial charge in [0.15, 0.2) is 0 Å². The summed E-state index contributed by atoms with van der Waals surface area (Å²) in [6.45, 7) is 4.20. The van der Waals surface area contributed by atoms with Crippen LogP contribution in [0.3, 0.4) is 0 Å². The molecule has 0 saturated carbocycles. The van der Waals surface area contributed by atoms with Crippen LogP contribution in [0.15, 0.2) is 18.2 Å². The summed E-state index contributed by atoms with van der Waals surface area (Å²) in [5.41, 5.74) is 8.17. The zero-order valence-electron chi connectivity index (χ0n) is 10.6. The Morgan fingerprint density at radius 1 is 1.56 bits per heavy atom. The Morgan fingerprint density at radius 3 is 3.11 bits per heavy atom. The van der Waals surface area contributed by atoms with E-state index in [4.69, 9.17) is 10.6 Å². The van der Waals surface area contributed by atoms with Crippen molar-refractivity contribution in [3.8, 4) is 0 Å². The Bertz CT molecular complexity index is 428. The molecule has 1 aromatic rings. The van der Waals surface area contributed by atoms with E-state index < -0.39 is 0 Å². The fourth-order valence-corrected chi connectivity index (χ4v) is 1.90. The van der Waals surface area contributed by atoms with Crippen LogP contribution in [0, 0.1) is 6.92 Å². The molecule has 1 saturated heterocycles. The van der Waals surface area contributed by atoms with Gasteiger partial charge in [-0.05, 0) is 31.0 Å². The molecule has 1 aliphatic rings. The van der Waals surface area contributed by atoms with Crippen LogP contribution in [-0.2, 0) is 9.63 Å². The van der Waals surface area contributed by atoms with Crippen molar-refractivity contribution in [2.75, 3.05) is 30.7 Å². The predicted octanol–water partition coefficient (Wildman–Crippen LogP) is 1.54. The number of benzene rings is 1. The summed E-state index contributed by atoms with van der Waals surface area (Å²) < 4.78 is 0. The van der Waals surface area contributed by atoms with Crippen molar-refractivity contribution in [1.82, 2.24) is 5.06 Å². The van der Waals surface area contributed by atoms with Gasteiger partial charge in [0, 0.05) is 30.9 Å². The number of nitrogens with two attached hydrogens (primary N) is 1. The molecule has 1 fully saturated rings. The first-order valence-corrected chi connectivity index (χ1v) is 6.19. The summed E-state index contributed by atoms with van der Waals surface area (Å²) in [6.07, 6.45) is 1.46. The second-order valence-electron chi connectivity index (χ2n) is 4.43. The molecule has 5 heteroatoms. The molecule has 0 aromatic heterocycles. The standard InChI is InChI=1S/C13H19N3O2/c1-10-11(14)4-2-5-12(10)15-13(17)6-8-16-7-3-9-18-16/h2,4-5H,3,6-9,14H2,1H3,(H,15,17). The molecular formula is C13H19N3O2. The third kappa shape index (κ3) is 3.21. The Hall–Kier alpha value is -1.59. The number of nitrogens with zero attached hydrogens (tertiary/aromatic N) is 1. The van der Waals surface area contributed by atoms with Gasteiger partial charge in [0.1, 0.15) is 0 Å². The fraction of sp³-hybridized carbons (Fsp3) is 0.462. The van der Waals surface area contributed by atoms with Gasteiger partial charge in [0.25, 0.3) is 0 Å². The number of anilines is 2. The Kier molecular flexibility index (Phi) is 4.17. The van der Waals surface area contributed by atoms with Crippen molar-refractivity contribution < 1.29 is 9.63 Å². The molecule has 0 unspecified atom stereocenters. The molecule has 0 spiro atoms. The van der Waals surface area contributed by atoms with Gasteiger partial charge in [-0.2, -0.15) is 5.06 Å². The van der Waals surface area contributed by atoms with Crippen LogP contribution in [0.2, 0.25) is 0 Å². The van der Waals surface area contributed by atoms with Crippen LogP contribution in [-0.4, -0.2) is 30.7 Å². The maximum absolute atomic E-state index is 11.8. The van der Waals surface area contributed by atoms with Crippen LogP contribution in [0.5, 0.6) is 0 Å². The van der Waals surface area contributed by atoms with Gasteiger partial charge in [0.05, 0.1) is 6.61 Å². The number of nitrogen functional groups attached to an aromatic ring is 1. The van der Waals surface area contributed by atoms with Crippen LogP contribution in [0.4, 0.5) is 11.4 Å². The van der Waals surface area contributed by atoms with E-state index >= 15 is 0 Å². The minimum atomic E-state index is -0.0146. The van der Waals surface area contributed by atoms with Crippen molar-refractivity contribution >= 4 is 17.3 Å². The Balaban J connectivity index is 1.84. The van der Waals surface area contributed by atoms with Crippen LogP contribution in [0.1, 0.15) is 18.4 Å². The first-order valence-electron chi connectivity index (χ1n) is 6.19. The third-order valence-corrected chi connectivity index (χ3v) is 3.06. The number of hydrogen-bond acceptors (Lipinski definition) is 4. The molecule has 2 rings (SSSR count). The summed E-state index contributed by atoms with van der Waals surface area (Å²) in [7, 11) is 0. The van der Waals surface area contributed by atoms with Crippen LogP contribution < -0.4 is 11.1 Å². The molecule has 1 aromatic carbocycles. The summed E-state index contributed by atoms with van der Waals surface area (Å²) in [6, 6.07) is 5.51. The molecular weight excluding hydrogens is 230 g/mol. The van der Waals surface area contributed by atoms with Gasteiger partial charge in [0.2, 0.25) is 5.91 Å². The Morgan fingerprint density at radius 2 is 2.39 bits per heavy atom. The predicted molar refractivity (Wildman–Crippen MR) is 71.0 cm³/mol. The summed E-state index contributed by atoms with van der Waals surface area (Å²) in [4.78, 5) is 17.1. The zero-order chi connectivity index (χ0) is 13.0. The van der Waals surface area contributed by atoms with E-state index in [0.29, 0.717) is 18.7 Å². The van der Waals surface area contributed by atoms with E-state index in [1.165, 1.54) is 0 Å². The molecule has 0 bridgehead atoms. The van der Waals surface area contributed by atoms with Gasteiger partial charge in [-0.1, -0.05) is 6.07 Å². The van der Waals surface area contributed by atoms with Crippen molar-refractivity contribution in [2.45, 2.75) is 19.8 Å². The molecule has 0 aliphatic carbocycles. The highest BCUT2D eigenvalue weighted by Crippen LogP contribution is 2.20. The number of amides is 1. The quantitative estimate of drug-likeness (QED) is 0.794. The van der Waals surface area contributed by atoms with E-state index in [1.54, 1.807) is 0 Å². The summed E-state index contributed by atoms with van der Waals surface area (Å²) >= 11 is 0. The van der Waals surface area contributed by atoms with E-state index in [2.05, 4.69) is 5.32 Å². The number of hydroxylamine groups is 2. The molecule has 98 valence electrons. The van der Waals surface area contributed by atoms with Gasteiger partial charge in [-0.3, -0.25) is 9.63 Å². The Labute approximate surface area is 107 Å². The highest BCUT2D eigenvalue weighted by atomic mass is 16.7. The van der Waals surface area contributed by atoms with E-state index in [9.17, 15) is 4.79 Å². The largest absolute Gasteiger partial charge is 0.398 e. The first-order chi connectivity index (χ1) is 8.66. The van der Waals surface area contributed by atoms with E-state index in [1.807, 2.05) is 30.2 Å². The number of rotatable bonds is 4. The highest BCUT2D eigenvalue weighted by molar-refractivity contribution is 5.92. The minimum absolute atomic E-state index is 0.0146. The lowest BCUT2D eigenvalue weighted by Crippen LogP contribution is -2.24. The molecule has 0 atom stereocenters. The lowest BCUT2D eigenvalue weighted by molar-refractivity contribution is -0.126. The highest BCUT2D eigenvalue weighted by Gasteiger charge is 2.14. The molecule has 0 radical (unpaired) electrons. The van der Waals surface area contributed by atoms with E-state index in [0.717, 1.165) is 30.8 Å². The average Bonchev–Trinajstić information content (AvgIpc) is 2.86. The number of hydrogen-bond donors (Lipinski definition) is 2. The van der Waals surface area contributed by atoms with Crippen molar-refractivity contribution in [1.29, 1.82) is 0 Å². The van der Waals surface area contributed by atoms with Crippen molar-refractivity contribution in [3.05, 3.63) is 23.8 Å². The second kappa shape index (κ2) is 5.84. The SMILES string of the molecule is Cc1c(N)cccc1NC(=O)CCN1CCCO1. The van der Waals surface area contributed by atoms with E-state index in [-0.39, 0.29) is 5.91 Å². The fourth-order valence-electron chi connectivity index (χ4n) is 1.90. The number of nitrogens with one attached hydrogen (secondary N) is 1. The monoisotopic (exact) mass is 249 g/mol. The maximum atomic E-state index is 11.8. The lowest BCUT2D eigenvalue weighted by atomic mass is 10.1. The zero-order valence-corrected chi connectivity index (χ0v) is 10.6. The third-order valence-electron chi connectivity index (χ3n) is 3.06. The normalized spacial score (nSPS) is 15.8. The molecule has 1 heterocycles. The molecule has 5 nitrogen and oxygen atoms in total. The van der Waals surface area contributed by atoms with Crippen molar-refractivity contribution in [3.63, 3.8) is 0 Å². The molecule has 1 amide bonds. The molecule has 1 aliphatic heterocycles. The number of carbonyl (C=O) groups is 1. The summed E-state index contributed by atoms with van der Waals surface area (Å²) in [5.74, 6) is -0.0146. The molecule has 3 N–H and O–H groups in total. The van der Waals surface area contributed by atoms with Crippen molar-refractivity contribution in [2.24, 2.45) is 0 Å². The number of carbonyl (C=O) groups excluding carboxylic acids is 1. The molecule has 18 heavy (non-hydrogen) atoms. The van der Waals surface area contributed by atoms with Crippen LogP contribution >= 0.6 is 0 Å². The van der Waals surface area contributed by atoms with Gasteiger partial charge in [-0.15, -0.1) is 0 Å².